The van der Waals surface area contributed by atoms with Crippen molar-refractivity contribution in [3.63, 3.8) is 0 Å². The zero-order valence-corrected chi connectivity index (χ0v) is 22.0. The minimum atomic E-state index is -0.544. The van der Waals surface area contributed by atoms with E-state index in [-0.39, 0.29) is 17.6 Å². The lowest BCUT2D eigenvalue weighted by Gasteiger charge is -2.13. The van der Waals surface area contributed by atoms with Crippen LogP contribution < -0.4 is 9.47 Å². The molecule has 0 saturated heterocycles. The number of aliphatic imine (C=N–C) groups is 1. The summed E-state index contributed by atoms with van der Waals surface area (Å²) in [6, 6.07) is 9.01. The topological polar surface area (TPSA) is 74.2 Å². The van der Waals surface area contributed by atoms with E-state index in [0.29, 0.717) is 46.5 Å². The molecule has 0 amide bonds. The Kier molecular flexibility index (Phi) is 8.29. The fourth-order valence-electron chi connectivity index (χ4n) is 2.72. The number of ether oxygens (including phenoxy) is 3. The second-order valence-corrected chi connectivity index (χ2v) is 9.32. The number of carbonyl (C=O) groups excluding carboxylic acids is 2. The van der Waals surface area contributed by atoms with Gasteiger partial charge in [-0.1, -0.05) is 6.92 Å². The molecule has 0 radical (unpaired) electrons. The Labute approximate surface area is 210 Å². The molecule has 9 heteroatoms. The van der Waals surface area contributed by atoms with Gasteiger partial charge in [-0.25, -0.2) is 9.79 Å². The predicted molar refractivity (Wildman–Crippen MR) is 133 cm³/mol. The summed E-state index contributed by atoms with van der Waals surface area (Å²) in [5, 5.41) is 0. The molecule has 1 heterocycles. The Balaban J connectivity index is 1.94. The molecule has 1 aliphatic heterocycles. The number of esters is 2. The van der Waals surface area contributed by atoms with Gasteiger partial charge in [-0.15, -0.1) is 0 Å². The van der Waals surface area contributed by atoms with Crippen molar-refractivity contribution in [2.24, 2.45) is 4.99 Å². The number of hydrogen-bond acceptors (Lipinski definition) is 6. The molecule has 0 atom stereocenters. The van der Waals surface area contributed by atoms with Crippen LogP contribution in [-0.2, 0) is 14.3 Å². The number of rotatable bonds is 7. The van der Waals surface area contributed by atoms with Crippen LogP contribution in [0.4, 0.5) is 0 Å². The van der Waals surface area contributed by atoms with Crippen LogP contribution in [0.3, 0.4) is 0 Å². The molecule has 6 nitrogen and oxygen atoms in total. The van der Waals surface area contributed by atoms with Crippen molar-refractivity contribution in [2.45, 2.75) is 26.7 Å². The highest BCUT2D eigenvalue weighted by atomic mass is 127. The van der Waals surface area contributed by atoms with Crippen LogP contribution in [-0.4, -0.2) is 24.4 Å². The van der Waals surface area contributed by atoms with Crippen LogP contribution in [0.25, 0.3) is 6.08 Å². The monoisotopic (exact) mass is 661 g/mol. The fourth-order valence-corrected chi connectivity index (χ4v) is 3.98. The zero-order valence-electron chi connectivity index (χ0n) is 16.7. The molecule has 0 bridgehead atoms. The second kappa shape index (κ2) is 10.7. The molecule has 1 aliphatic rings. The Morgan fingerprint density at radius 1 is 1.19 bits per heavy atom. The molecule has 162 valence electrons. The molecule has 31 heavy (non-hydrogen) atoms. The summed E-state index contributed by atoms with van der Waals surface area (Å²) in [4.78, 5) is 28.7. The van der Waals surface area contributed by atoms with E-state index in [9.17, 15) is 9.59 Å². The Hall–Kier alpha value is -1.72. The zero-order chi connectivity index (χ0) is 22.5. The van der Waals surface area contributed by atoms with E-state index < -0.39 is 5.97 Å². The van der Waals surface area contributed by atoms with Crippen molar-refractivity contribution in [3.05, 3.63) is 59.7 Å². The molecule has 2 aromatic carbocycles. The standard InChI is InChI=1S/C22H18Br2INO5/c1-3-5-19(27)30-20-15(24)8-12(10-18(20)29-4-2)9-17-22(28)31-21(26-17)13-6-7-16(25)14(23)11-13/h6-11H,3-5H2,1-2H3/b17-9-. The molecular formula is C22H18Br2INO5. The number of nitrogens with zero attached hydrogens (tertiary/aromatic N) is 1. The van der Waals surface area contributed by atoms with E-state index >= 15 is 0 Å². The number of benzene rings is 2. The summed E-state index contributed by atoms with van der Waals surface area (Å²) in [5.41, 5.74) is 1.50. The van der Waals surface area contributed by atoms with Crippen LogP contribution in [0, 0.1) is 3.57 Å². The van der Waals surface area contributed by atoms with E-state index in [2.05, 4.69) is 59.4 Å². The first kappa shape index (κ1) is 23.9. The average Bonchev–Trinajstić information content (AvgIpc) is 3.07. The summed E-state index contributed by atoms with van der Waals surface area (Å²) < 4.78 is 18.9. The van der Waals surface area contributed by atoms with E-state index in [1.54, 1.807) is 18.2 Å². The lowest BCUT2D eigenvalue weighted by atomic mass is 10.1. The van der Waals surface area contributed by atoms with E-state index in [1.807, 2.05) is 32.0 Å². The summed E-state index contributed by atoms with van der Waals surface area (Å²) in [6.07, 6.45) is 2.59. The van der Waals surface area contributed by atoms with Gasteiger partial charge in [0.15, 0.2) is 17.2 Å². The van der Waals surface area contributed by atoms with E-state index in [0.717, 1.165) is 8.04 Å². The van der Waals surface area contributed by atoms with Crippen molar-refractivity contribution in [1.82, 2.24) is 0 Å². The maximum Gasteiger partial charge on any atom is 0.363 e. The maximum atomic E-state index is 12.4. The molecule has 0 spiro atoms. The van der Waals surface area contributed by atoms with Crippen LogP contribution >= 0.6 is 54.5 Å². The first-order chi connectivity index (χ1) is 14.8. The minimum Gasteiger partial charge on any atom is -0.490 e. The quantitative estimate of drug-likeness (QED) is 0.151. The second-order valence-electron chi connectivity index (χ2n) is 6.45. The Morgan fingerprint density at radius 3 is 2.65 bits per heavy atom. The third-order valence-corrected chi connectivity index (χ3v) is 7.02. The van der Waals surface area contributed by atoms with Gasteiger partial charge in [0.2, 0.25) is 5.90 Å². The van der Waals surface area contributed by atoms with E-state index in [1.165, 1.54) is 0 Å². The van der Waals surface area contributed by atoms with Gasteiger partial charge in [0, 0.05) is 20.0 Å². The van der Waals surface area contributed by atoms with Crippen LogP contribution in [0.15, 0.2) is 50.0 Å². The molecule has 0 aromatic heterocycles. The lowest BCUT2D eigenvalue weighted by molar-refractivity contribution is -0.134. The molecular weight excluding hydrogens is 645 g/mol. The lowest BCUT2D eigenvalue weighted by Crippen LogP contribution is -2.09. The minimum absolute atomic E-state index is 0.162. The molecule has 0 N–H and O–H groups in total. The highest BCUT2D eigenvalue weighted by Crippen LogP contribution is 2.38. The number of cyclic esters (lactones) is 1. The summed E-state index contributed by atoms with van der Waals surface area (Å²) in [7, 11) is 0. The first-order valence-corrected chi connectivity index (χ1v) is 12.1. The molecule has 2 aromatic rings. The van der Waals surface area contributed by atoms with Crippen molar-refractivity contribution >= 4 is 78.4 Å². The van der Waals surface area contributed by atoms with Crippen molar-refractivity contribution in [2.75, 3.05) is 6.61 Å². The predicted octanol–water partition coefficient (Wildman–Crippen LogP) is 6.26. The van der Waals surface area contributed by atoms with Gasteiger partial charge in [-0.05, 0) is 110 Å². The van der Waals surface area contributed by atoms with Gasteiger partial charge < -0.3 is 14.2 Å². The first-order valence-electron chi connectivity index (χ1n) is 9.47. The van der Waals surface area contributed by atoms with Gasteiger partial charge in [0.25, 0.3) is 0 Å². The van der Waals surface area contributed by atoms with Gasteiger partial charge >= 0.3 is 11.9 Å². The van der Waals surface area contributed by atoms with Gasteiger partial charge in [0.1, 0.15) is 0 Å². The smallest absolute Gasteiger partial charge is 0.363 e. The van der Waals surface area contributed by atoms with Crippen molar-refractivity contribution in [1.29, 1.82) is 0 Å². The summed E-state index contributed by atoms with van der Waals surface area (Å²) >= 11 is 9.10. The third-order valence-electron chi connectivity index (χ3n) is 4.09. The van der Waals surface area contributed by atoms with Crippen molar-refractivity contribution in [3.8, 4) is 11.5 Å². The highest BCUT2D eigenvalue weighted by Gasteiger charge is 2.25. The van der Waals surface area contributed by atoms with E-state index in [4.69, 9.17) is 14.2 Å². The maximum absolute atomic E-state index is 12.4. The van der Waals surface area contributed by atoms with Crippen LogP contribution in [0.2, 0.25) is 0 Å². The average molecular weight is 663 g/mol. The number of hydrogen-bond donors (Lipinski definition) is 0. The normalized spacial score (nSPS) is 14.4. The molecule has 3 rings (SSSR count). The molecule has 0 aliphatic carbocycles. The fraction of sp³-hybridized carbons (Fsp3) is 0.227. The molecule has 0 saturated carbocycles. The summed E-state index contributed by atoms with van der Waals surface area (Å²) in [5.74, 6) is 0.0574. The van der Waals surface area contributed by atoms with Crippen LogP contribution in [0.5, 0.6) is 11.5 Å². The van der Waals surface area contributed by atoms with Gasteiger partial charge in [0.05, 0.1) is 11.1 Å². The number of halogens is 3. The SMILES string of the molecule is CCCC(=O)Oc1c(Br)cc(/C=C2\N=C(c3ccc(I)c(Br)c3)OC2=O)cc1OCC. The number of carbonyl (C=O) groups is 2. The highest BCUT2D eigenvalue weighted by molar-refractivity contribution is 14.1. The van der Waals surface area contributed by atoms with Gasteiger partial charge in [-0.3, -0.25) is 4.79 Å². The van der Waals surface area contributed by atoms with Crippen molar-refractivity contribution < 1.29 is 23.8 Å². The Bertz CT molecular complexity index is 1100. The molecule has 0 fully saturated rings. The van der Waals surface area contributed by atoms with Crippen LogP contribution in [0.1, 0.15) is 37.8 Å². The Morgan fingerprint density at radius 2 is 1.97 bits per heavy atom. The largest absolute Gasteiger partial charge is 0.490 e. The van der Waals surface area contributed by atoms with Gasteiger partial charge in [-0.2, -0.15) is 0 Å². The third kappa shape index (κ3) is 5.95. The molecule has 0 unspecified atom stereocenters. The summed E-state index contributed by atoms with van der Waals surface area (Å²) in [6.45, 7) is 4.12.